The van der Waals surface area contributed by atoms with Crippen LogP contribution in [0.5, 0.6) is 0 Å². The van der Waals surface area contributed by atoms with Gasteiger partial charge in [-0.1, -0.05) is 6.92 Å². The first-order valence-corrected chi connectivity index (χ1v) is 4.78. The van der Waals surface area contributed by atoms with Gasteiger partial charge >= 0.3 is 0 Å². The second-order valence-corrected chi connectivity index (χ2v) is 3.29. The Morgan fingerprint density at radius 1 is 1.29 bits per heavy atom. The van der Waals surface area contributed by atoms with Crippen molar-refractivity contribution in [3.8, 4) is 0 Å². The molecule has 14 heavy (non-hydrogen) atoms. The second kappa shape index (κ2) is 3.72. The maximum atomic E-state index is 5.90. The Labute approximate surface area is 83.0 Å². The molecule has 1 unspecified atom stereocenters. The summed E-state index contributed by atoms with van der Waals surface area (Å²) in [6.07, 6.45) is 2.67. The lowest BCUT2D eigenvalue weighted by Crippen LogP contribution is -2.10. The maximum absolute atomic E-state index is 5.90. The molecular weight excluding hydrogens is 174 g/mol. The molecule has 0 saturated heterocycles. The Balaban J connectivity index is 2.51. The topological polar surface area (TPSA) is 51.8 Å². The molecule has 3 heteroatoms. The first kappa shape index (κ1) is 9.09. The number of pyridine rings is 2. The third-order valence-electron chi connectivity index (χ3n) is 2.30. The Morgan fingerprint density at radius 3 is 2.93 bits per heavy atom. The van der Waals surface area contributed by atoms with E-state index in [2.05, 4.69) is 16.9 Å². The van der Waals surface area contributed by atoms with Crippen molar-refractivity contribution < 1.29 is 0 Å². The van der Waals surface area contributed by atoms with Crippen molar-refractivity contribution >= 4 is 11.0 Å². The van der Waals surface area contributed by atoms with E-state index in [4.69, 9.17) is 5.73 Å². The van der Waals surface area contributed by atoms with Crippen LogP contribution in [0.3, 0.4) is 0 Å². The zero-order valence-corrected chi connectivity index (χ0v) is 8.14. The molecule has 2 aromatic rings. The molecule has 0 radical (unpaired) electrons. The number of nitrogens with zero attached hydrogens (tertiary/aromatic N) is 2. The molecule has 1 atom stereocenters. The quantitative estimate of drug-likeness (QED) is 0.782. The van der Waals surface area contributed by atoms with Crippen molar-refractivity contribution in [1.82, 2.24) is 9.97 Å². The van der Waals surface area contributed by atoms with Crippen molar-refractivity contribution in [1.29, 1.82) is 0 Å². The number of hydrogen-bond donors (Lipinski definition) is 1. The Morgan fingerprint density at radius 2 is 2.14 bits per heavy atom. The van der Waals surface area contributed by atoms with Gasteiger partial charge in [0.15, 0.2) is 0 Å². The van der Waals surface area contributed by atoms with Crippen LogP contribution in [-0.4, -0.2) is 9.97 Å². The molecule has 2 N–H and O–H groups in total. The molecular formula is C11H13N3. The van der Waals surface area contributed by atoms with Crippen LogP contribution in [0.1, 0.15) is 25.1 Å². The van der Waals surface area contributed by atoms with Gasteiger partial charge in [-0.05, 0) is 30.7 Å². The van der Waals surface area contributed by atoms with Crippen molar-refractivity contribution in [2.75, 3.05) is 0 Å². The number of rotatable bonds is 2. The van der Waals surface area contributed by atoms with Crippen LogP contribution < -0.4 is 5.73 Å². The maximum Gasteiger partial charge on any atom is 0.0890 e. The fourth-order valence-electron chi connectivity index (χ4n) is 1.39. The average molecular weight is 187 g/mol. The molecule has 0 aromatic carbocycles. The van der Waals surface area contributed by atoms with Gasteiger partial charge in [0.1, 0.15) is 0 Å². The van der Waals surface area contributed by atoms with Crippen molar-refractivity contribution in [3.63, 3.8) is 0 Å². The third-order valence-corrected chi connectivity index (χ3v) is 2.30. The van der Waals surface area contributed by atoms with Gasteiger partial charge in [0.05, 0.1) is 16.7 Å². The van der Waals surface area contributed by atoms with Gasteiger partial charge in [0, 0.05) is 12.2 Å². The van der Waals surface area contributed by atoms with Crippen LogP contribution in [0, 0.1) is 0 Å². The summed E-state index contributed by atoms with van der Waals surface area (Å²) in [5.41, 5.74) is 8.67. The van der Waals surface area contributed by atoms with E-state index in [1.165, 1.54) is 0 Å². The lowest BCUT2D eigenvalue weighted by Gasteiger charge is -2.08. The summed E-state index contributed by atoms with van der Waals surface area (Å²) in [5.74, 6) is 0. The minimum Gasteiger partial charge on any atom is -0.323 e. The molecule has 2 aromatic heterocycles. The zero-order valence-electron chi connectivity index (χ0n) is 8.14. The number of fused-ring (bicyclic) bond motifs is 1. The molecule has 0 fully saturated rings. The average Bonchev–Trinajstić information content (AvgIpc) is 2.27. The van der Waals surface area contributed by atoms with Crippen LogP contribution in [0.25, 0.3) is 11.0 Å². The van der Waals surface area contributed by atoms with Crippen molar-refractivity contribution in [2.24, 2.45) is 5.73 Å². The van der Waals surface area contributed by atoms with Crippen LogP contribution >= 0.6 is 0 Å². The third kappa shape index (κ3) is 1.59. The van der Waals surface area contributed by atoms with Crippen LogP contribution in [0.2, 0.25) is 0 Å². The smallest absolute Gasteiger partial charge is 0.0890 e. The van der Waals surface area contributed by atoms with E-state index >= 15 is 0 Å². The molecule has 3 nitrogen and oxygen atoms in total. The Hall–Kier alpha value is -1.48. The fraction of sp³-hybridized carbons (Fsp3) is 0.273. The second-order valence-electron chi connectivity index (χ2n) is 3.29. The molecule has 2 rings (SSSR count). The highest BCUT2D eigenvalue weighted by Gasteiger charge is 2.05. The molecule has 0 saturated carbocycles. The van der Waals surface area contributed by atoms with Crippen LogP contribution in [0.15, 0.2) is 30.5 Å². The van der Waals surface area contributed by atoms with Gasteiger partial charge in [-0.3, -0.25) is 4.98 Å². The van der Waals surface area contributed by atoms with Crippen LogP contribution in [-0.2, 0) is 0 Å². The van der Waals surface area contributed by atoms with Gasteiger partial charge in [-0.2, -0.15) is 0 Å². The molecule has 0 bridgehead atoms. The summed E-state index contributed by atoms with van der Waals surface area (Å²) in [6, 6.07) is 7.78. The van der Waals surface area contributed by atoms with E-state index < -0.39 is 0 Å². The predicted molar refractivity (Wildman–Crippen MR) is 56.8 cm³/mol. The highest BCUT2D eigenvalue weighted by atomic mass is 14.8. The molecule has 0 aliphatic heterocycles. The highest BCUT2D eigenvalue weighted by Crippen LogP contribution is 2.15. The summed E-state index contributed by atoms with van der Waals surface area (Å²) < 4.78 is 0. The van der Waals surface area contributed by atoms with Gasteiger partial charge in [-0.25, -0.2) is 4.98 Å². The number of aromatic nitrogens is 2. The number of hydrogen-bond acceptors (Lipinski definition) is 3. The minimum atomic E-state index is 0.0274. The number of nitrogens with two attached hydrogens (primary N) is 1. The van der Waals surface area contributed by atoms with E-state index in [-0.39, 0.29) is 6.04 Å². The molecule has 72 valence electrons. The molecule has 2 heterocycles. The minimum absolute atomic E-state index is 0.0274. The van der Waals surface area contributed by atoms with E-state index in [9.17, 15) is 0 Å². The van der Waals surface area contributed by atoms with E-state index in [0.29, 0.717) is 0 Å². The summed E-state index contributed by atoms with van der Waals surface area (Å²) in [6.45, 7) is 2.06. The van der Waals surface area contributed by atoms with Gasteiger partial charge < -0.3 is 5.73 Å². The van der Waals surface area contributed by atoms with E-state index in [1.54, 1.807) is 6.20 Å². The SMILES string of the molecule is CCC(N)c1ccc2ncccc2n1. The summed E-state index contributed by atoms with van der Waals surface area (Å²) >= 11 is 0. The lowest BCUT2D eigenvalue weighted by molar-refractivity contribution is 0.678. The van der Waals surface area contributed by atoms with Crippen LogP contribution in [0.4, 0.5) is 0 Å². The predicted octanol–water partition coefficient (Wildman–Crippen LogP) is 2.04. The fourth-order valence-corrected chi connectivity index (χ4v) is 1.39. The van der Waals surface area contributed by atoms with Gasteiger partial charge in [-0.15, -0.1) is 0 Å². The normalized spacial score (nSPS) is 13.0. The van der Waals surface area contributed by atoms with Crippen molar-refractivity contribution in [2.45, 2.75) is 19.4 Å². The zero-order chi connectivity index (χ0) is 9.97. The molecule has 0 aliphatic carbocycles. The molecule has 0 spiro atoms. The summed E-state index contributed by atoms with van der Waals surface area (Å²) in [4.78, 5) is 8.66. The first-order valence-electron chi connectivity index (χ1n) is 4.78. The highest BCUT2D eigenvalue weighted by molar-refractivity contribution is 5.73. The van der Waals surface area contributed by atoms with E-state index in [0.717, 1.165) is 23.1 Å². The van der Waals surface area contributed by atoms with Gasteiger partial charge in [0.2, 0.25) is 0 Å². The monoisotopic (exact) mass is 187 g/mol. The Bertz CT molecular complexity index is 439. The van der Waals surface area contributed by atoms with E-state index in [1.807, 2.05) is 24.3 Å². The largest absolute Gasteiger partial charge is 0.323 e. The molecule has 0 aliphatic rings. The summed E-state index contributed by atoms with van der Waals surface area (Å²) in [7, 11) is 0. The molecule has 0 amide bonds. The van der Waals surface area contributed by atoms with Gasteiger partial charge in [0.25, 0.3) is 0 Å². The first-order chi connectivity index (χ1) is 6.81. The Kier molecular flexibility index (Phi) is 2.41. The standard InChI is InChI=1S/C11H13N3/c1-2-8(12)9-5-6-10-11(14-9)4-3-7-13-10/h3-8H,2,12H2,1H3. The van der Waals surface area contributed by atoms with Crippen molar-refractivity contribution in [3.05, 3.63) is 36.2 Å². The summed E-state index contributed by atoms with van der Waals surface area (Å²) in [5, 5.41) is 0. The lowest BCUT2D eigenvalue weighted by atomic mass is 10.1.